The maximum atomic E-state index is 13.2. The Balaban J connectivity index is 1.31. The number of hydrogen-bond acceptors (Lipinski definition) is 0. The van der Waals surface area contributed by atoms with E-state index in [0.717, 1.165) is 24.0 Å². The number of allylic oxidation sites excluding steroid dienone is 4. The second kappa shape index (κ2) is 6.77. The second-order valence-corrected chi connectivity index (χ2v) is 9.12. The summed E-state index contributed by atoms with van der Waals surface area (Å²) in [7, 11) is 0. The third-order valence-electron chi connectivity index (χ3n) is 6.73. The molecule has 2 heteroatoms. The minimum absolute atomic E-state index is 0.0187. The summed E-state index contributed by atoms with van der Waals surface area (Å²) >= 11 is 0. The first kappa shape index (κ1) is 19.0. The van der Waals surface area contributed by atoms with E-state index in [1.54, 1.807) is 0 Å². The molecule has 2 atom stereocenters. The Bertz CT molecular complexity index is 1060. The molecule has 5 rings (SSSR count). The van der Waals surface area contributed by atoms with Gasteiger partial charge in [0, 0.05) is 10.8 Å². The van der Waals surface area contributed by atoms with Crippen molar-refractivity contribution in [1.29, 1.82) is 0 Å². The molecule has 0 unspecified atom stereocenters. The molecule has 0 aromatic heterocycles. The summed E-state index contributed by atoms with van der Waals surface area (Å²) in [6, 6.07) is 22.4. The zero-order valence-corrected chi connectivity index (χ0v) is 17.3. The van der Waals surface area contributed by atoms with E-state index >= 15 is 0 Å². The topological polar surface area (TPSA) is 0 Å². The average Bonchev–Trinajstić information content (AvgIpc) is 2.70. The van der Waals surface area contributed by atoms with Crippen molar-refractivity contribution < 1.29 is 8.78 Å². The van der Waals surface area contributed by atoms with Crippen LogP contribution in [-0.2, 0) is 10.8 Å². The first-order valence-corrected chi connectivity index (χ1v) is 10.4. The first-order chi connectivity index (χ1) is 14.3. The van der Waals surface area contributed by atoms with E-state index in [-0.39, 0.29) is 22.5 Å². The van der Waals surface area contributed by atoms with Crippen LogP contribution >= 0.6 is 0 Å². The molecule has 3 aromatic rings. The SMILES string of the molecule is C[C@]1(c2ccc(F)cc2)C=C(c2ccc(C3=C[C@@](C)(c4ccc(F)cc4)C3)cc2)C1. The Morgan fingerprint density at radius 3 is 1.13 bits per heavy atom. The highest BCUT2D eigenvalue weighted by molar-refractivity contribution is 5.79. The molecule has 0 heterocycles. The standard InChI is InChI=1S/C28H24F2/c1-27(23-7-11-25(29)12-8-23)15-21(16-27)19-3-5-20(6-4-19)22-17-28(2,18-22)24-9-13-26(30)14-10-24/h3-15,17H,16,18H2,1-2H3/t27-,28+. The van der Waals surface area contributed by atoms with E-state index in [4.69, 9.17) is 0 Å². The lowest BCUT2D eigenvalue weighted by molar-refractivity contribution is 0.564. The molecule has 0 saturated heterocycles. The van der Waals surface area contributed by atoms with Crippen molar-refractivity contribution in [2.45, 2.75) is 37.5 Å². The van der Waals surface area contributed by atoms with Gasteiger partial charge in [0.1, 0.15) is 11.6 Å². The Morgan fingerprint density at radius 1 is 0.533 bits per heavy atom. The smallest absolute Gasteiger partial charge is 0.123 e. The van der Waals surface area contributed by atoms with Gasteiger partial charge in [-0.1, -0.05) is 74.5 Å². The largest absolute Gasteiger partial charge is 0.207 e. The third-order valence-corrected chi connectivity index (χ3v) is 6.73. The van der Waals surface area contributed by atoms with Gasteiger partial charge in [-0.2, -0.15) is 0 Å². The van der Waals surface area contributed by atoms with Gasteiger partial charge < -0.3 is 0 Å². The maximum Gasteiger partial charge on any atom is 0.123 e. The van der Waals surface area contributed by atoms with Crippen molar-refractivity contribution in [2.24, 2.45) is 0 Å². The van der Waals surface area contributed by atoms with Crippen LogP contribution < -0.4 is 0 Å². The first-order valence-electron chi connectivity index (χ1n) is 10.4. The van der Waals surface area contributed by atoms with Gasteiger partial charge in [0.2, 0.25) is 0 Å². The molecule has 0 amide bonds. The number of hydrogen-bond donors (Lipinski definition) is 0. The molecule has 0 spiro atoms. The molecule has 3 aromatic carbocycles. The molecule has 0 nitrogen and oxygen atoms in total. The molecule has 0 fully saturated rings. The van der Waals surface area contributed by atoms with Gasteiger partial charge in [-0.3, -0.25) is 0 Å². The van der Waals surface area contributed by atoms with Gasteiger partial charge in [0.15, 0.2) is 0 Å². The van der Waals surface area contributed by atoms with Gasteiger partial charge in [-0.05, 0) is 70.5 Å². The Kier molecular flexibility index (Phi) is 4.28. The highest BCUT2D eigenvalue weighted by Gasteiger charge is 2.35. The molecule has 0 N–H and O–H groups in total. The van der Waals surface area contributed by atoms with Crippen LogP contribution in [0, 0.1) is 11.6 Å². The summed E-state index contributed by atoms with van der Waals surface area (Å²) in [5, 5.41) is 0. The molecular weight excluding hydrogens is 374 g/mol. The minimum Gasteiger partial charge on any atom is -0.207 e. The number of benzene rings is 3. The van der Waals surface area contributed by atoms with Crippen molar-refractivity contribution in [3.05, 3.63) is 119 Å². The van der Waals surface area contributed by atoms with Crippen molar-refractivity contribution >= 4 is 11.1 Å². The summed E-state index contributed by atoms with van der Waals surface area (Å²) in [5.41, 5.74) is 7.45. The Hall–Kier alpha value is -3.00. The second-order valence-electron chi connectivity index (χ2n) is 9.12. The van der Waals surface area contributed by atoms with Crippen LogP contribution in [0.5, 0.6) is 0 Å². The molecule has 2 aliphatic rings. The van der Waals surface area contributed by atoms with Gasteiger partial charge in [0.05, 0.1) is 0 Å². The zero-order valence-electron chi connectivity index (χ0n) is 17.3. The van der Waals surface area contributed by atoms with E-state index in [2.05, 4.69) is 50.3 Å². The molecular formula is C28H24F2. The lowest BCUT2D eigenvalue weighted by atomic mass is 9.65. The fourth-order valence-electron chi connectivity index (χ4n) is 4.80. The van der Waals surface area contributed by atoms with Gasteiger partial charge in [0.25, 0.3) is 0 Å². The van der Waals surface area contributed by atoms with E-state index in [0.29, 0.717) is 0 Å². The van der Waals surface area contributed by atoms with E-state index in [1.807, 2.05) is 24.3 Å². The fourth-order valence-corrected chi connectivity index (χ4v) is 4.80. The molecule has 0 aliphatic heterocycles. The van der Waals surface area contributed by atoms with Crippen molar-refractivity contribution in [3.63, 3.8) is 0 Å². The Labute approximate surface area is 176 Å². The number of halogens is 2. The van der Waals surface area contributed by atoms with Gasteiger partial charge >= 0.3 is 0 Å². The highest BCUT2D eigenvalue weighted by atomic mass is 19.1. The van der Waals surface area contributed by atoms with Crippen molar-refractivity contribution in [3.8, 4) is 0 Å². The predicted octanol–water partition coefficient (Wildman–Crippen LogP) is 7.45. The molecule has 0 radical (unpaired) electrons. The predicted molar refractivity (Wildman–Crippen MR) is 119 cm³/mol. The zero-order chi connectivity index (χ0) is 20.9. The van der Waals surface area contributed by atoms with Crippen molar-refractivity contribution in [1.82, 2.24) is 0 Å². The highest BCUT2D eigenvalue weighted by Crippen LogP contribution is 2.48. The van der Waals surface area contributed by atoms with E-state index in [1.165, 1.54) is 46.5 Å². The summed E-state index contributed by atoms with van der Waals surface area (Å²) < 4.78 is 26.4. The lowest BCUT2D eigenvalue weighted by Crippen LogP contribution is -2.28. The van der Waals surface area contributed by atoms with Crippen LogP contribution in [-0.4, -0.2) is 0 Å². The fraction of sp³-hybridized carbons (Fsp3) is 0.214. The number of rotatable bonds is 4. The van der Waals surface area contributed by atoms with Crippen LogP contribution in [0.3, 0.4) is 0 Å². The normalized spacial score (nSPS) is 25.1. The van der Waals surface area contributed by atoms with E-state index < -0.39 is 0 Å². The van der Waals surface area contributed by atoms with Crippen LogP contribution in [0.15, 0.2) is 84.9 Å². The van der Waals surface area contributed by atoms with Crippen LogP contribution in [0.2, 0.25) is 0 Å². The third kappa shape index (κ3) is 3.21. The lowest BCUT2D eigenvalue weighted by Gasteiger charge is -2.38. The van der Waals surface area contributed by atoms with Gasteiger partial charge in [-0.15, -0.1) is 0 Å². The van der Waals surface area contributed by atoms with Crippen LogP contribution in [0.4, 0.5) is 8.78 Å². The van der Waals surface area contributed by atoms with Crippen LogP contribution in [0.25, 0.3) is 11.1 Å². The van der Waals surface area contributed by atoms with Crippen LogP contribution in [0.1, 0.15) is 48.9 Å². The Morgan fingerprint density at radius 2 is 0.833 bits per heavy atom. The molecule has 0 saturated carbocycles. The monoisotopic (exact) mass is 398 g/mol. The summed E-state index contributed by atoms with van der Waals surface area (Å²) in [6.07, 6.45) is 6.51. The molecule has 2 aliphatic carbocycles. The summed E-state index contributed by atoms with van der Waals surface area (Å²) in [5.74, 6) is -0.385. The van der Waals surface area contributed by atoms with E-state index in [9.17, 15) is 8.78 Å². The van der Waals surface area contributed by atoms with Gasteiger partial charge in [-0.25, -0.2) is 8.78 Å². The maximum absolute atomic E-state index is 13.2. The molecule has 0 bridgehead atoms. The molecule has 30 heavy (non-hydrogen) atoms. The van der Waals surface area contributed by atoms with Crippen molar-refractivity contribution in [2.75, 3.05) is 0 Å². The quantitative estimate of drug-likeness (QED) is 0.428. The molecule has 150 valence electrons. The minimum atomic E-state index is -0.192. The average molecular weight is 398 g/mol. The summed E-state index contributed by atoms with van der Waals surface area (Å²) in [4.78, 5) is 0. The summed E-state index contributed by atoms with van der Waals surface area (Å²) in [6.45, 7) is 4.40.